The number of aryl methyl sites for hydroxylation is 1. The van der Waals surface area contributed by atoms with Gasteiger partial charge in [0.2, 0.25) is 0 Å². The van der Waals surface area contributed by atoms with E-state index in [1.807, 2.05) is 19.9 Å². The largest absolute Gasteiger partial charge is 0.494 e. The van der Waals surface area contributed by atoms with Crippen LogP contribution in [0.5, 0.6) is 5.75 Å². The number of benzene rings is 1. The number of hydrogen-bond acceptors (Lipinski definition) is 6. The van der Waals surface area contributed by atoms with Crippen LogP contribution >= 0.6 is 0 Å². The predicted octanol–water partition coefficient (Wildman–Crippen LogP) is 1.87. The number of aromatic nitrogens is 2. The molecule has 0 saturated heterocycles. The van der Waals surface area contributed by atoms with Gasteiger partial charge in [0, 0.05) is 17.8 Å². The topological polar surface area (TPSA) is 99.0 Å². The van der Waals surface area contributed by atoms with E-state index in [9.17, 15) is 14.4 Å². The van der Waals surface area contributed by atoms with E-state index in [0.29, 0.717) is 29.3 Å². The third-order valence-electron chi connectivity index (χ3n) is 4.06. The summed E-state index contributed by atoms with van der Waals surface area (Å²) in [6.45, 7) is 3.84. The van der Waals surface area contributed by atoms with Gasteiger partial charge in [0.25, 0.3) is 11.5 Å². The van der Waals surface area contributed by atoms with Crippen LogP contribution < -0.4 is 15.6 Å². The van der Waals surface area contributed by atoms with Crippen molar-refractivity contribution in [3.63, 3.8) is 0 Å². The van der Waals surface area contributed by atoms with Crippen molar-refractivity contribution in [2.45, 2.75) is 20.5 Å². The summed E-state index contributed by atoms with van der Waals surface area (Å²) in [5, 5.41) is 2.49. The van der Waals surface area contributed by atoms with Crippen molar-refractivity contribution in [1.82, 2.24) is 14.7 Å². The minimum absolute atomic E-state index is 0.155. The Bertz CT molecular complexity index is 1090. The van der Waals surface area contributed by atoms with Crippen LogP contribution in [0, 0.1) is 6.92 Å². The lowest BCUT2D eigenvalue weighted by atomic mass is 10.2. The van der Waals surface area contributed by atoms with Crippen LogP contribution in [0.4, 0.5) is 0 Å². The van der Waals surface area contributed by atoms with Gasteiger partial charge in [-0.1, -0.05) is 6.07 Å². The van der Waals surface area contributed by atoms with Crippen molar-refractivity contribution >= 4 is 17.5 Å². The number of ether oxygens (including phenoxy) is 2. The van der Waals surface area contributed by atoms with E-state index in [-0.39, 0.29) is 18.7 Å². The molecular weight excluding hydrogens is 374 g/mol. The van der Waals surface area contributed by atoms with Gasteiger partial charge in [0.05, 0.1) is 12.3 Å². The summed E-state index contributed by atoms with van der Waals surface area (Å²) in [4.78, 5) is 40.5. The van der Waals surface area contributed by atoms with E-state index in [2.05, 4.69) is 10.3 Å². The van der Waals surface area contributed by atoms with Gasteiger partial charge in [-0.2, -0.15) is 0 Å². The highest BCUT2D eigenvalue weighted by molar-refractivity contribution is 5.96. The molecule has 0 aliphatic carbocycles. The summed E-state index contributed by atoms with van der Waals surface area (Å²) in [7, 11) is 0. The van der Waals surface area contributed by atoms with Gasteiger partial charge >= 0.3 is 5.97 Å². The molecule has 0 aliphatic heterocycles. The number of esters is 1. The monoisotopic (exact) mass is 395 g/mol. The number of amides is 1. The summed E-state index contributed by atoms with van der Waals surface area (Å²) in [5.41, 5.74) is 1.89. The number of rotatable bonds is 7. The highest BCUT2D eigenvalue weighted by Gasteiger charge is 2.10. The lowest BCUT2D eigenvalue weighted by Crippen LogP contribution is -2.30. The fourth-order valence-corrected chi connectivity index (χ4v) is 2.66. The average Bonchev–Trinajstić information content (AvgIpc) is 2.72. The maximum absolute atomic E-state index is 12.1. The van der Waals surface area contributed by atoms with E-state index in [1.165, 1.54) is 10.5 Å². The molecule has 0 bridgehead atoms. The summed E-state index contributed by atoms with van der Waals surface area (Å²) in [5.74, 6) is -0.366. The van der Waals surface area contributed by atoms with Crippen LogP contribution in [0.2, 0.25) is 0 Å². The number of fused-ring (bicyclic) bond motifs is 1. The molecule has 1 amide bonds. The van der Waals surface area contributed by atoms with Crippen molar-refractivity contribution in [3.05, 3.63) is 75.8 Å². The Hall–Kier alpha value is -3.68. The first-order valence-electron chi connectivity index (χ1n) is 9.12. The second-order valence-corrected chi connectivity index (χ2v) is 6.32. The molecular formula is C21H21N3O5. The maximum Gasteiger partial charge on any atom is 0.325 e. The minimum Gasteiger partial charge on any atom is -0.494 e. The Labute approximate surface area is 167 Å². The fraction of sp³-hybridized carbons (Fsp3) is 0.238. The zero-order valence-electron chi connectivity index (χ0n) is 16.2. The van der Waals surface area contributed by atoms with E-state index < -0.39 is 11.9 Å². The highest BCUT2D eigenvalue weighted by Crippen LogP contribution is 2.12. The molecule has 1 aromatic carbocycles. The Morgan fingerprint density at radius 1 is 1.14 bits per heavy atom. The third kappa shape index (κ3) is 5.19. The fourth-order valence-electron chi connectivity index (χ4n) is 2.66. The molecule has 0 unspecified atom stereocenters. The van der Waals surface area contributed by atoms with Crippen LogP contribution in [-0.2, 0) is 16.1 Å². The first-order chi connectivity index (χ1) is 14.0. The first kappa shape index (κ1) is 20.1. The molecule has 0 aliphatic rings. The molecule has 2 heterocycles. The smallest absolute Gasteiger partial charge is 0.325 e. The molecule has 8 heteroatoms. The molecule has 8 nitrogen and oxygen atoms in total. The van der Waals surface area contributed by atoms with Crippen LogP contribution in [-0.4, -0.2) is 34.4 Å². The van der Waals surface area contributed by atoms with Crippen LogP contribution in [0.3, 0.4) is 0 Å². The van der Waals surface area contributed by atoms with Gasteiger partial charge in [-0.25, -0.2) is 4.98 Å². The molecule has 3 rings (SSSR count). The molecule has 0 atom stereocenters. The Balaban J connectivity index is 1.53. The van der Waals surface area contributed by atoms with Gasteiger partial charge < -0.3 is 14.8 Å². The van der Waals surface area contributed by atoms with E-state index in [1.54, 1.807) is 36.5 Å². The van der Waals surface area contributed by atoms with Gasteiger partial charge in [-0.15, -0.1) is 0 Å². The van der Waals surface area contributed by atoms with Crippen molar-refractivity contribution in [3.8, 4) is 5.75 Å². The lowest BCUT2D eigenvalue weighted by Gasteiger charge is -2.08. The molecule has 150 valence electrons. The zero-order valence-corrected chi connectivity index (χ0v) is 16.2. The van der Waals surface area contributed by atoms with E-state index >= 15 is 0 Å². The number of nitrogens with one attached hydrogen (secondary N) is 1. The predicted molar refractivity (Wildman–Crippen MR) is 106 cm³/mol. The normalized spacial score (nSPS) is 10.6. The standard InChI is InChI=1S/C21H21N3O5/c1-3-28-17-7-5-15(6-8-17)21(27)22-11-20(26)29-13-16-10-19(25)24-12-14(2)4-9-18(24)23-16/h4-10,12H,3,11,13H2,1-2H3,(H,22,27). The molecule has 0 radical (unpaired) electrons. The van der Waals surface area contributed by atoms with Crippen LogP contribution in [0.1, 0.15) is 28.5 Å². The van der Waals surface area contributed by atoms with Gasteiger partial charge in [-0.3, -0.25) is 18.8 Å². The molecule has 0 spiro atoms. The van der Waals surface area contributed by atoms with Crippen LogP contribution in [0.25, 0.3) is 5.65 Å². The summed E-state index contributed by atoms with van der Waals surface area (Å²) in [6, 6.07) is 11.5. The number of nitrogens with zero attached hydrogens (tertiary/aromatic N) is 2. The number of carbonyl (C=O) groups is 2. The Kier molecular flexibility index (Phi) is 6.23. The molecule has 29 heavy (non-hydrogen) atoms. The van der Waals surface area contributed by atoms with Gasteiger partial charge in [0.1, 0.15) is 24.5 Å². The molecule has 1 N–H and O–H groups in total. The molecule has 3 aromatic rings. The number of carbonyl (C=O) groups excluding carboxylic acids is 2. The van der Waals surface area contributed by atoms with Crippen LogP contribution in [0.15, 0.2) is 53.5 Å². The SMILES string of the molecule is CCOc1ccc(C(=O)NCC(=O)OCc2cc(=O)n3cc(C)ccc3n2)cc1. The van der Waals surface area contributed by atoms with Gasteiger partial charge in [-0.05, 0) is 49.7 Å². The minimum atomic E-state index is -0.629. The third-order valence-corrected chi connectivity index (χ3v) is 4.06. The maximum atomic E-state index is 12.1. The first-order valence-corrected chi connectivity index (χ1v) is 9.12. The Morgan fingerprint density at radius 2 is 1.90 bits per heavy atom. The van der Waals surface area contributed by atoms with Crippen molar-refractivity contribution in [2.75, 3.05) is 13.2 Å². The second kappa shape index (κ2) is 9.01. The van der Waals surface area contributed by atoms with E-state index in [4.69, 9.17) is 9.47 Å². The Morgan fingerprint density at radius 3 is 2.62 bits per heavy atom. The summed E-state index contributed by atoms with van der Waals surface area (Å²) >= 11 is 0. The average molecular weight is 395 g/mol. The van der Waals surface area contributed by atoms with Gasteiger partial charge in [0.15, 0.2) is 0 Å². The number of hydrogen-bond donors (Lipinski definition) is 1. The highest BCUT2D eigenvalue weighted by atomic mass is 16.5. The second-order valence-electron chi connectivity index (χ2n) is 6.32. The van der Waals surface area contributed by atoms with Crippen molar-refractivity contribution in [2.24, 2.45) is 0 Å². The lowest BCUT2D eigenvalue weighted by molar-refractivity contribution is -0.143. The molecule has 0 fully saturated rings. The summed E-state index contributed by atoms with van der Waals surface area (Å²) in [6.07, 6.45) is 1.69. The number of pyridine rings is 1. The van der Waals surface area contributed by atoms with Crippen molar-refractivity contribution in [1.29, 1.82) is 0 Å². The summed E-state index contributed by atoms with van der Waals surface area (Å²) < 4.78 is 11.9. The molecule has 2 aromatic heterocycles. The molecule has 0 saturated carbocycles. The quantitative estimate of drug-likeness (QED) is 0.613. The zero-order chi connectivity index (χ0) is 20.8. The van der Waals surface area contributed by atoms with Crippen molar-refractivity contribution < 1.29 is 19.1 Å². The van der Waals surface area contributed by atoms with E-state index in [0.717, 1.165) is 5.56 Å².